The van der Waals surface area contributed by atoms with Crippen LogP contribution < -0.4 is 16.2 Å². The van der Waals surface area contributed by atoms with Gasteiger partial charge in [0.25, 0.3) is 11.6 Å². The van der Waals surface area contributed by atoms with Crippen molar-refractivity contribution in [2.24, 2.45) is 5.92 Å². The number of nitro groups is 1. The number of carbonyl (C=O) groups is 1. The molecule has 0 saturated heterocycles. The van der Waals surface area contributed by atoms with Crippen molar-refractivity contribution in [3.63, 3.8) is 0 Å². The number of non-ortho nitro benzene ring substituents is 1. The Balaban J connectivity index is 1.81. The quantitative estimate of drug-likeness (QED) is 0.445. The maximum Gasteiger partial charge on any atom is 0.269 e. The molecule has 1 saturated carbocycles. The molecule has 1 aromatic rings. The van der Waals surface area contributed by atoms with Crippen LogP contribution >= 0.6 is 12.2 Å². The van der Waals surface area contributed by atoms with E-state index in [2.05, 4.69) is 23.1 Å². The summed E-state index contributed by atoms with van der Waals surface area (Å²) >= 11 is 5.18. The van der Waals surface area contributed by atoms with Crippen molar-refractivity contribution in [2.45, 2.75) is 38.6 Å². The number of benzene rings is 1. The molecule has 2 rings (SSSR count). The van der Waals surface area contributed by atoms with Crippen molar-refractivity contribution in [1.82, 2.24) is 16.2 Å². The fraction of sp³-hybridized carbons (Fsp3) is 0.467. The molecule has 0 aliphatic heterocycles. The average molecular weight is 336 g/mol. The Labute approximate surface area is 140 Å². The minimum absolute atomic E-state index is 0.0574. The molecule has 1 aliphatic rings. The molecule has 7 nitrogen and oxygen atoms in total. The number of rotatable bonds is 3. The summed E-state index contributed by atoms with van der Waals surface area (Å²) in [4.78, 5) is 22.0. The van der Waals surface area contributed by atoms with Crippen LogP contribution in [-0.4, -0.2) is 22.0 Å². The highest BCUT2D eigenvalue weighted by Gasteiger charge is 2.21. The van der Waals surface area contributed by atoms with Crippen molar-refractivity contribution < 1.29 is 9.72 Å². The molecule has 0 spiro atoms. The zero-order chi connectivity index (χ0) is 16.8. The minimum atomic E-state index is -0.510. The van der Waals surface area contributed by atoms with Gasteiger partial charge in [0.1, 0.15) is 0 Å². The predicted molar refractivity (Wildman–Crippen MR) is 90.9 cm³/mol. The number of hydrogen-bond donors (Lipinski definition) is 3. The highest BCUT2D eigenvalue weighted by Crippen LogP contribution is 2.23. The van der Waals surface area contributed by atoms with Gasteiger partial charge in [-0.15, -0.1) is 0 Å². The van der Waals surface area contributed by atoms with E-state index in [1.807, 2.05) is 0 Å². The van der Waals surface area contributed by atoms with E-state index in [0.29, 0.717) is 22.6 Å². The van der Waals surface area contributed by atoms with E-state index < -0.39 is 10.8 Å². The molecule has 3 N–H and O–H groups in total. The number of amides is 1. The van der Waals surface area contributed by atoms with Crippen LogP contribution in [0.5, 0.6) is 0 Å². The molecule has 1 aromatic carbocycles. The lowest BCUT2D eigenvalue weighted by Gasteiger charge is -2.30. The average Bonchev–Trinajstić information content (AvgIpc) is 2.55. The summed E-state index contributed by atoms with van der Waals surface area (Å²) < 4.78 is 0. The Morgan fingerprint density at radius 1 is 1.22 bits per heavy atom. The normalized spacial score (nSPS) is 20.4. The second-order valence-electron chi connectivity index (χ2n) is 5.72. The van der Waals surface area contributed by atoms with Crippen LogP contribution in [-0.2, 0) is 0 Å². The van der Waals surface area contributed by atoms with Gasteiger partial charge in [-0.05, 0) is 43.1 Å². The lowest BCUT2D eigenvalue weighted by Crippen LogP contribution is -2.51. The molecule has 0 radical (unpaired) electrons. The van der Waals surface area contributed by atoms with Gasteiger partial charge in [0.2, 0.25) is 0 Å². The van der Waals surface area contributed by atoms with Crippen LogP contribution in [0.3, 0.4) is 0 Å². The van der Waals surface area contributed by atoms with E-state index in [1.54, 1.807) is 0 Å². The van der Waals surface area contributed by atoms with Crippen molar-refractivity contribution >= 4 is 28.9 Å². The topological polar surface area (TPSA) is 96.3 Å². The molecule has 124 valence electrons. The van der Waals surface area contributed by atoms with E-state index >= 15 is 0 Å². The van der Waals surface area contributed by atoms with Crippen LogP contribution in [0.25, 0.3) is 0 Å². The summed E-state index contributed by atoms with van der Waals surface area (Å²) in [5, 5.41) is 14.2. The van der Waals surface area contributed by atoms with Crippen molar-refractivity contribution in [3.8, 4) is 0 Å². The van der Waals surface area contributed by atoms with E-state index in [0.717, 1.165) is 6.42 Å². The Morgan fingerprint density at radius 2 is 1.87 bits per heavy atom. The number of carbonyl (C=O) groups excluding carboxylic acids is 1. The van der Waals surface area contributed by atoms with Gasteiger partial charge in [-0.1, -0.05) is 19.8 Å². The lowest BCUT2D eigenvalue weighted by molar-refractivity contribution is -0.384. The molecular formula is C15H20N4O3S. The molecule has 0 bridgehead atoms. The zero-order valence-corrected chi connectivity index (χ0v) is 13.7. The van der Waals surface area contributed by atoms with Gasteiger partial charge in [-0.2, -0.15) is 0 Å². The Hall–Kier alpha value is -2.22. The highest BCUT2D eigenvalue weighted by molar-refractivity contribution is 7.80. The van der Waals surface area contributed by atoms with Crippen LogP contribution in [0.4, 0.5) is 5.69 Å². The Kier molecular flexibility index (Phi) is 5.86. The predicted octanol–water partition coefficient (Wildman–Crippen LogP) is 2.28. The first-order chi connectivity index (χ1) is 11.0. The van der Waals surface area contributed by atoms with Crippen molar-refractivity contribution in [2.75, 3.05) is 0 Å². The van der Waals surface area contributed by atoms with E-state index in [9.17, 15) is 14.9 Å². The second-order valence-corrected chi connectivity index (χ2v) is 6.13. The largest absolute Gasteiger partial charge is 0.358 e. The molecule has 23 heavy (non-hydrogen) atoms. The van der Waals surface area contributed by atoms with Gasteiger partial charge >= 0.3 is 0 Å². The lowest BCUT2D eigenvalue weighted by atomic mass is 9.86. The van der Waals surface area contributed by atoms with Crippen LogP contribution in [0.1, 0.15) is 43.0 Å². The summed E-state index contributed by atoms with van der Waals surface area (Å²) in [5.74, 6) is 0.148. The van der Waals surface area contributed by atoms with Gasteiger partial charge in [0.05, 0.1) is 4.92 Å². The molecule has 0 heterocycles. The number of hydrogen-bond acceptors (Lipinski definition) is 4. The number of thiocarbonyl (C=S) groups is 1. The number of nitro benzene ring substituents is 1. The molecule has 0 aromatic heterocycles. The summed E-state index contributed by atoms with van der Waals surface area (Å²) in [6, 6.07) is 5.69. The first-order valence-corrected chi connectivity index (χ1v) is 7.99. The first kappa shape index (κ1) is 17.1. The SMILES string of the molecule is C[C@@H]1CCCC[C@H]1NC(=S)NNC(=O)c1ccc([N+](=O)[O-])cc1. The van der Waals surface area contributed by atoms with Crippen LogP contribution in [0.15, 0.2) is 24.3 Å². The van der Waals surface area contributed by atoms with E-state index in [4.69, 9.17) is 12.2 Å². The maximum atomic E-state index is 12.0. The Bertz CT molecular complexity index is 591. The molecular weight excluding hydrogens is 316 g/mol. The summed E-state index contributed by atoms with van der Waals surface area (Å²) in [7, 11) is 0. The molecule has 1 aliphatic carbocycles. The summed E-state index contributed by atoms with van der Waals surface area (Å²) in [6.45, 7) is 2.19. The van der Waals surface area contributed by atoms with Gasteiger partial charge in [-0.25, -0.2) is 0 Å². The summed E-state index contributed by atoms with van der Waals surface area (Å²) in [6.07, 6.45) is 4.67. The van der Waals surface area contributed by atoms with Crippen LogP contribution in [0.2, 0.25) is 0 Å². The molecule has 8 heteroatoms. The fourth-order valence-corrected chi connectivity index (χ4v) is 2.86. The van der Waals surface area contributed by atoms with E-state index in [-0.39, 0.29) is 5.69 Å². The zero-order valence-electron chi connectivity index (χ0n) is 12.9. The smallest absolute Gasteiger partial charge is 0.269 e. The highest BCUT2D eigenvalue weighted by atomic mass is 32.1. The minimum Gasteiger partial charge on any atom is -0.358 e. The third-order valence-corrected chi connectivity index (χ3v) is 4.28. The number of hydrazine groups is 1. The number of nitrogens with one attached hydrogen (secondary N) is 3. The molecule has 0 unspecified atom stereocenters. The van der Waals surface area contributed by atoms with E-state index in [1.165, 1.54) is 43.5 Å². The third-order valence-electron chi connectivity index (χ3n) is 4.06. The Morgan fingerprint density at radius 3 is 2.48 bits per heavy atom. The van der Waals surface area contributed by atoms with Crippen molar-refractivity contribution in [3.05, 3.63) is 39.9 Å². The summed E-state index contributed by atoms with van der Waals surface area (Å²) in [5.41, 5.74) is 5.42. The molecule has 1 fully saturated rings. The first-order valence-electron chi connectivity index (χ1n) is 7.58. The maximum absolute atomic E-state index is 12.0. The molecule has 1 amide bonds. The third kappa shape index (κ3) is 4.88. The monoisotopic (exact) mass is 336 g/mol. The van der Waals surface area contributed by atoms with Gasteiger partial charge in [-0.3, -0.25) is 25.8 Å². The molecule has 2 atom stereocenters. The standard InChI is InChI=1S/C15H20N4O3S/c1-10-4-2-3-5-13(10)16-15(23)18-17-14(20)11-6-8-12(9-7-11)19(21)22/h6-10,13H,2-5H2,1H3,(H,17,20)(H2,16,18,23)/t10-,13-/m1/s1. The van der Waals surface area contributed by atoms with Gasteiger partial charge in [0.15, 0.2) is 5.11 Å². The van der Waals surface area contributed by atoms with Gasteiger partial charge in [0, 0.05) is 23.7 Å². The fourth-order valence-electron chi connectivity index (χ4n) is 2.66. The second kappa shape index (κ2) is 7.87. The van der Waals surface area contributed by atoms with Crippen LogP contribution in [0, 0.1) is 16.0 Å². The van der Waals surface area contributed by atoms with Crippen molar-refractivity contribution in [1.29, 1.82) is 0 Å². The number of nitrogens with zero attached hydrogens (tertiary/aromatic N) is 1. The van der Waals surface area contributed by atoms with Gasteiger partial charge < -0.3 is 5.32 Å².